The molecular weight excluding hydrogens is 206 g/mol. The van der Waals surface area contributed by atoms with E-state index in [4.69, 9.17) is 10.3 Å². The van der Waals surface area contributed by atoms with Gasteiger partial charge in [-0.3, -0.25) is 4.79 Å². The van der Waals surface area contributed by atoms with Crippen LogP contribution in [0.2, 0.25) is 0 Å². The number of rotatable bonds is 2. The molecule has 0 bridgehead atoms. The molecule has 0 aliphatic carbocycles. The van der Waals surface area contributed by atoms with Gasteiger partial charge in [0.05, 0.1) is 0 Å². The number of carbonyl (C=O) groups is 1. The summed E-state index contributed by atoms with van der Waals surface area (Å²) in [6.07, 6.45) is 1.32. The third-order valence-electron chi connectivity index (χ3n) is 2.51. The zero-order valence-electron chi connectivity index (χ0n) is 9.02. The second-order valence-corrected chi connectivity index (χ2v) is 3.54. The van der Waals surface area contributed by atoms with Crippen LogP contribution in [0.25, 0.3) is 11.5 Å². The second-order valence-electron chi connectivity index (χ2n) is 3.54. The molecule has 0 fully saturated rings. The van der Waals surface area contributed by atoms with Gasteiger partial charge in [0.25, 0.3) is 5.89 Å². The third-order valence-corrected chi connectivity index (χ3v) is 2.51. The maximum Gasteiger partial charge on any atom is 0.258 e. The highest BCUT2D eigenvalue weighted by Crippen LogP contribution is 2.27. The number of nitrogens with zero attached hydrogens (tertiary/aromatic N) is 2. The van der Waals surface area contributed by atoms with Gasteiger partial charge in [0.1, 0.15) is 0 Å². The minimum atomic E-state index is -0.460. The van der Waals surface area contributed by atoms with Gasteiger partial charge in [0.15, 0.2) is 6.33 Å². The zero-order chi connectivity index (χ0) is 11.7. The van der Waals surface area contributed by atoms with Crippen molar-refractivity contribution in [2.45, 2.75) is 13.8 Å². The van der Waals surface area contributed by atoms with Crippen LogP contribution >= 0.6 is 0 Å². The number of benzene rings is 1. The smallest absolute Gasteiger partial charge is 0.258 e. The van der Waals surface area contributed by atoms with Gasteiger partial charge >= 0.3 is 0 Å². The van der Waals surface area contributed by atoms with Gasteiger partial charge in [0.2, 0.25) is 5.91 Å². The fourth-order valence-corrected chi connectivity index (χ4v) is 1.73. The highest BCUT2D eigenvalue weighted by atomic mass is 16.5. The van der Waals surface area contributed by atoms with Crippen molar-refractivity contribution in [3.8, 4) is 11.5 Å². The molecule has 1 aromatic carbocycles. The van der Waals surface area contributed by atoms with Gasteiger partial charge in [-0.15, -0.1) is 0 Å². The molecule has 0 unspecified atom stereocenters. The molecule has 2 aromatic rings. The molecule has 0 radical (unpaired) electrons. The SMILES string of the molecule is Cc1ccc(C(N)=O)c(C)c1-c1ncno1. The largest absolute Gasteiger partial charge is 0.366 e. The summed E-state index contributed by atoms with van der Waals surface area (Å²) in [5.74, 6) is -0.0589. The normalized spacial score (nSPS) is 10.4. The maximum absolute atomic E-state index is 11.2. The topological polar surface area (TPSA) is 82.0 Å². The lowest BCUT2D eigenvalue weighted by molar-refractivity contribution is 0.1000. The van der Waals surface area contributed by atoms with Crippen LogP contribution in [0, 0.1) is 13.8 Å². The molecule has 0 aliphatic heterocycles. The first kappa shape index (κ1) is 10.4. The van der Waals surface area contributed by atoms with Crippen molar-refractivity contribution >= 4 is 5.91 Å². The molecular formula is C11H11N3O2. The Labute approximate surface area is 92.3 Å². The van der Waals surface area contributed by atoms with Crippen molar-refractivity contribution in [3.05, 3.63) is 35.2 Å². The van der Waals surface area contributed by atoms with E-state index in [-0.39, 0.29) is 0 Å². The number of aryl methyl sites for hydroxylation is 1. The van der Waals surface area contributed by atoms with E-state index >= 15 is 0 Å². The second kappa shape index (κ2) is 3.77. The standard InChI is InChI=1S/C11H11N3O2/c1-6-3-4-8(10(12)15)7(2)9(6)11-13-5-14-16-11/h3-5H,1-2H3,(H2,12,15). The van der Waals surface area contributed by atoms with Crippen LogP contribution in [0.4, 0.5) is 0 Å². The molecule has 2 N–H and O–H groups in total. The highest BCUT2D eigenvalue weighted by molar-refractivity contribution is 5.96. The predicted molar refractivity (Wildman–Crippen MR) is 57.7 cm³/mol. The molecule has 1 amide bonds. The number of carbonyl (C=O) groups excluding carboxylic acids is 1. The van der Waals surface area contributed by atoms with Crippen LogP contribution in [-0.4, -0.2) is 16.0 Å². The van der Waals surface area contributed by atoms with Gasteiger partial charge in [0, 0.05) is 11.1 Å². The highest BCUT2D eigenvalue weighted by Gasteiger charge is 2.16. The minimum absolute atomic E-state index is 0.401. The van der Waals surface area contributed by atoms with Gasteiger partial charge in [-0.1, -0.05) is 11.2 Å². The number of nitrogens with two attached hydrogens (primary N) is 1. The Bertz CT molecular complexity index is 532. The minimum Gasteiger partial charge on any atom is -0.366 e. The van der Waals surface area contributed by atoms with E-state index in [1.165, 1.54) is 6.33 Å². The van der Waals surface area contributed by atoms with Crippen molar-refractivity contribution in [2.24, 2.45) is 5.73 Å². The Kier molecular flexibility index (Phi) is 2.44. The molecule has 2 rings (SSSR count). The lowest BCUT2D eigenvalue weighted by atomic mass is 9.97. The van der Waals surface area contributed by atoms with Crippen LogP contribution < -0.4 is 5.73 Å². The number of aromatic nitrogens is 2. The number of hydrogen-bond acceptors (Lipinski definition) is 4. The van der Waals surface area contributed by atoms with Crippen molar-refractivity contribution in [1.29, 1.82) is 0 Å². The van der Waals surface area contributed by atoms with Crippen molar-refractivity contribution in [2.75, 3.05) is 0 Å². The first-order valence-electron chi connectivity index (χ1n) is 4.78. The summed E-state index contributed by atoms with van der Waals surface area (Å²) in [4.78, 5) is 15.2. The summed E-state index contributed by atoms with van der Waals surface area (Å²) in [6.45, 7) is 3.73. The van der Waals surface area contributed by atoms with E-state index in [2.05, 4.69) is 10.1 Å². The summed E-state index contributed by atoms with van der Waals surface area (Å²) in [6, 6.07) is 3.51. The molecule has 0 saturated heterocycles. The fraction of sp³-hybridized carbons (Fsp3) is 0.182. The molecule has 0 aliphatic rings. The van der Waals surface area contributed by atoms with Gasteiger partial charge in [-0.2, -0.15) is 4.98 Å². The Morgan fingerprint density at radius 2 is 2.12 bits per heavy atom. The van der Waals surface area contributed by atoms with Crippen LogP contribution in [0.5, 0.6) is 0 Å². The zero-order valence-corrected chi connectivity index (χ0v) is 9.02. The number of hydrogen-bond donors (Lipinski definition) is 1. The van der Waals surface area contributed by atoms with E-state index in [1.807, 2.05) is 19.9 Å². The van der Waals surface area contributed by atoms with Crippen molar-refractivity contribution < 1.29 is 9.32 Å². The summed E-state index contributed by atoms with van der Waals surface area (Å²) in [5.41, 5.74) is 8.25. The average Bonchev–Trinajstić information content (AvgIpc) is 2.70. The molecule has 5 heteroatoms. The van der Waals surface area contributed by atoms with Gasteiger partial charge in [-0.05, 0) is 31.0 Å². The quantitative estimate of drug-likeness (QED) is 0.825. The Morgan fingerprint density at radius 3 is 2.69 bits per heavy atom. The van der Waals surface area contributed by atoms with E-state index in [1.54, 1.807) is 6.07 Å². The monoisotopic (exact) mass is 217 g/mol. The van der Waals surface area contributed by atoms with Gasteiger partial charge < -0.3 is 10.3 Å². The summed E-state index contributed by atoms with van der Waals surface area (Å²) in [7, 11) is 0. The van der Waals surface area contributed by atoms with Gasteiger partial charge in [-0.25, -0.2) is 0 Å². The van der Waals surface area contributed by atoms with E-state index in [0.717, 1.165) is 16.7 Å². The van der Waals surface area contributed by atoms with E-state index < -0.39 is 5.91 Å². The third kappa shape index (κ3) is 1.56. The maximum atomic E-state index is 11.2. The molecule has 1 heterocycles. The van der Waals surface area contributed by atoms with Crippen molar-refractivity contribution in [3.63, 3.8) is 0 Å². The molecule has 0 spiro atoms. The van der Waals surface area contributed by atoms with E-state index in [9.17, 15) is 4.79 Å². The molecule has 16 heavy (non-hydrogen) atoms. The molecule has 0 saturated carbocycles. The first-order valence-corrected chi connectivity index (χ1v) is 4.78. The summed E-state index contributed by atoms with van der Waals surface area (Å²) >= 11 is 0. The summed E-state index contributed by atoms with van der Waals surface area (Å²) < 4.78 is 5.00. The van der Waals surface area contributed by atoms with E-state index in [0.29, 0.717) is 11.5 Å². The predicted octanol–water partition coefficient (Wildman–Crippen LogP) is 1.45. The molecule has 82 valence electrons. The fourth-order valence-electron chi connectivity index (χ4n) is 1.73. The van der Waals surface area contributed by atoms with Crippen LogP contribution in [0.1, 0.15) is 21.5 Å². The molecule has 5 nitrogen and oxygen atoms in total. The number of primary amides is 1. The molecule has 1 aromatic heterocycles. The Balaban J connectivity index is 2.69. The van der Waals surface area contributed by atoms with Crippen LogP contribution in [0.3, 0.4) is 0 Å². The van der Waals surface area contributed by atoms with Crippen LogP contribution in [0.15, 0.2) is 23.0 Å². The van der Waals surface area contributed by atoms with Crippen molar-refractivity contribution in [1.82, 2.24) is 10.1 Å². The average molecular weight is 217 g/mol. The first-order chi connectivity index (χ1) is 7.61. The Hall–Kier alpha value is -2.17. The lowest BCUT2D eigenvalue weighted by Gasteiger charge is -2.08. The summed E-state index contributed by atoms with van der Waals surface area (Å²) in [5, 5.41) is 3.55. The number of amides is 1. The Morgan fingerprint density at radius 1 is 1.38 bits per heavy atom. The molecule has 0 atom stereocenters. The lowest BCUT2D eigenvalue weighted by Crippen LogP contribution is -2.13. The van der Waals surface area contributed by atoms with Crippen LogP contribution in [-0.2, 0) is 0 Å².